The van der Waals surface area contributed by atoms with Crippen LogP contribution in [0.2, 0.25) is 0 Å². The van der Waals surface area contributed by atoms with Crippen molar-refractivity contribution in [2.24, 2.45) is 10.7 Å². The number of thiol groups is 1. The molecule has 0 radical (unpaired) electrons. The molecule has 0 fully saturated rings. The molecule has 2 N–H and O–H groups in total. The van der Waals surface area contributed by atoms with Crippen LogP contribution < -0.4 is 5.73 Å². The number of aliphatic imine (C=N–C) groups is 1. The van der Waals surface area contributed by atoms with E-state index in [0.29, 0.717) is 6.34 Å². The van der Waals surface area contributed by atoms with Crippen LogP contribution in [0.1, 0.15) is 6.92 Å². The van der Waals surface area contributed by atoms with Crippen molar-refractivity contribution < 1.29 is 22.7 Å². The summed E-state index contributed by atoms with van der Waals surface area (Å²) in [5.74, 6) is -1.20. The lowest BCUT2D eigenvalue weighted by Gasteiger charge is -2.09. The molecule has 0 aliphatic carbocycles. The highest BCUT2D eigenvalue weighted by molar-refractivity contribution is 7.85. The number of nitrogens with two attached hydrogens (primary N) is 1. The summed E-state index contributed by atoms with van der Waals surface area (Å²) < 4.78 is 41.2. The van der Waals surface area contributed by atoms with E-state index in [0.717, 1.165) is 0 Å². The minimum Gasteiger partial charge on any atom is -0.462 e. The van der Waals surface area contributed by atoms with Gasteiger partial charge in [-0.15, -0.1) is 12.6 Å². The number of hydrogen-bond donors (Lipinski definition) is 2. The molecule has 86 valence electrons. The standard InChI is InChI=1S/C7H9F3N2O2S/c1-2-14-6(13)4(15)5(12-3-11)7(8,9)10/h3,15H,2H2,1H3,(H2,11,12)/b5-4-. The minimum absolute atomic E-state index is 0.0552. The molecular weight excluding hydrogens is 233 g/mol. The Morgan fingerprint density at radius 1 is 1.60 bits per heavy atom. The van der Waals surface area contributed by atoms with Crippen molar-refractivity contribution in [3.05, 3.63) is 10.6 Å². The molecule has 0 rings (SSSR count). The third-order valence-electron chi connectivity index (χ3n) is 1.17. The van der Waals surface area contributed by atoms with Crippen LogP contribution in [0.4, 0.5) is 13.2 Å². The molecule has 0 bridgehead atoms. The maximum atomic E-state index is 12.3. The van der Waals surface area contributed by atoms with E-state index in [4.69, 9.17) is 5.73 Å². The Morgan fingerprint density at radius 2 is 2.13 bits per heavy atom. The molecule has 0 saturated heterocycles. The highest BCUT2D eigenvalue weighted by Gasteiger charge is 2.37. The molecule has 0 amide bonds. The topological polar surface area (TPSA) is 64.7 Å². The first-order chi connectivity index (χ1) is 6.84. The lowest BCUT2D eigenvalue weighted by atomic mass is 10.4. The Morgan fingerprint density at radius 3 is 2.47 bits per heavy atom. The zero-order chi connectivity index (χ0) is 12.1. The van der Waals surface area contributed by atoms with Crippen molar-refractivity contribution in [2.75, 3.05) is 6.61 Å². The third kappa shape index (κ3) is 4.24. The first-order valence-electron chi connectivity index (χ1n) is 3.76. The van der Waals surface area contributed by atoms with Crippen molar-refractivity contribution in [3.63, 3.8) is 0 Å². The van der Waals surface area contributed by atoms with Gasteiger partial charge in [0.25, 0.3) is 0 Å². The molecule has 0 aromatic rings. The van der Waals surface area contributed by atoms with E-state index in [2.05, 4.69) is 22.4 Å². The van der Waals surface area contributed by atoms with Gasteiger partial charge in [0, 0.05) is 0 Å². The molecular formula is C7H9F3N2O2S. The normalized spacial score (nSPS) is 13.9. The van der Waals surface area contributed by atoms with Crippen molar-refractivity contribution in [3.8, 4) is 0 Å². The second-order valence-corrected chi connectivity index (χ2v) is 2.64. The number of hydrogen-bond acceptors (Lipinski definition) is 4. The summed E-state index contributed by atoms with van der Waals surface area (Å²) >= 11 is 3.40. The number of allylic oxidation sites excluding steroid dienone is 1. The molecule has 0 aliphatic heterocycles. The second-order valence-electron chi connectivity index (χ2n) is 2.19. The van der Waals surface area contributed by atoms with Crippen LogP contribution in [0.5, 0.6) is 0 Å². The number of halogens is 3. The predicted octanol–water partition coefficient (Wildman–Crippen LogP) is 1.24. The summed E-state index contributed by atoms with van der Waals surface area (Å²) in [5.41, 5.74) is 3.25. The molecule has 0 atom stereocenters. The maximum absolute atomic E-state index is 12.3. The summed E-state index contributed by atoms with van der Waals surface area (Å²) in [7, 11) is 0. The van der Waals surface area contributed by atoms with E-state index in [1.807, 2.05) is 0 Å². The number of carbonyl (C=O) groups is 1. The maximum Gasteiger partial charge on any atom is 0.434 e. The van der Waals surface area contributed by atoms with Gasteiger partial charge in [-0.1, -0.05) is 0 Å². The van der Waals surface area contributed by atoms with E-state index in [1.54, 1.807) is 0 Å². The van der Waals surface area contributed by atoms with Gasteiger partial charge in [-0.25, -0.2) is 9.79 Å². The average Bonchev–Trinajstić information content (AvgIpc) is 2.11. The molecule has 0 spiro atoms. The first-order valence-corrected chi connectivity index (χ1v) is 4.21. The largest absolute Gasteiger partial charge is 0.462 e. The summed E-state index contributed by atoms with van der Waals surface area (Å²) in [4.78, 5) is 12.8. The van der Waals surface area contributed by atoms with Crippen molar-refractivity contribution in [1.82, 2.24) is 0 Å². The molecule has 0 saturated carbocycles. The Hall–Kier alpha value is -1.18. The predicted molar refractivity (Wildman–Crippen MR) is 51.4 cm³/mol. The molecule has 0 aromatic heterocycles. The van der Waals surface area contributed by atoms with Crippen molar-refractivity contribution in [1.29, 1.82) is 0 Å². The Bertz CT molecular complexity index is 299. The van der Waals surface area contributed by atoms with Crippen LogP contribution in [-0.4, -0.2) is 25.1 Å². The van der Waals surface area contributed by atoms with E-state index < -0.39 is 22.7 Å². The monoisotopic (exact) mass is 242 g/mol. The van der Waals surface area contributed by atoms with Gasteiger partial charge in [-0.2, -0.15) is 13.2 Å². The van der Waals surface area contributed by atoms with E-state index in [-0.39, 0.29) is 6.61 Å². The van der Waals surface area contributed by atoms with Gasteiger partial charge < -0.3 is 10.5 Å². The Kier molecular flexibility index (Phi) is 5.20. The van der Waals surface area contributed by atoms with Gasteiger partial charge in [0.05, 0.1) is 12.9 Å². The SMILES string of the molecule is CCOC(=O)/C(S)=C(/N=CN)C(F)(F)F. The van der Waals surface area contributed by atoms with Crippen LogP contribution in [0.3, 0.4) is 0 Å². The zero-order valence-electron chi connectivity index (χ0n) is 7.71. The highest BCUT2D eigenvalue weighted by atomic mass is 32.1. The third-order valence-corrected chi connectivity index (χ3v) is 1.56. The van der Waals surface area contributed by atoms with Crippen LogP contribution >= 0.6 is 12.6 Å². The Labute approximate surface area is 89.4 Å². The van der Waals surface area contributed by atoms with E-state index in [9.17, 15) is 18.0 Å². The van der Waals surface area contributed by atoms with Crippen LogP contribution in [0.15, 0.2) is 15.6 Å². The van der Waals surface area contributed by atoms with Crippen LogP contribution in [0.25, 0.3) is 0 Å². The van der Waals surface area contributed by atoms with Gasteiger partial charge in [-0.3, -0.25) is 0 Å². The smallest absolute Gasteiger partial charge is 0.434 e. The molecule has 0 aromatic carbocycles. The fourth-order valence-corrected chi connectivity index (χ4v) is 0.888. The first kappa shape index (κ1) is 13.8. The fourth-order valence-electron chi connectivity index (χ4n) is 0.639. The van der Waals surface area contributed by atoms with Gasteiger partial charge in [-0.05, 0) is 6.92 Å². The van der Waals surface area contributed by atoms with Gasteiger partial charge in [0.15, 0.2) is 5.70 Å². The second kappa shape index (κ2) is 5.64. The van der Waals surface area contributed by atoms with Gasteiger partial charge >= 0.3 is 12.1 Å². The minimum atomic E-state index is -4.81. The van der Waals surface area contributed by atoms with E-state index in [1.165, 1.54) is 6.92 Å². The number of esters is 1. The number of nitrogens with zero attached hydrogens (tertiary/aromatic N) is 1. The number of rotatable bonds is 3. The summed E-state index contributed by atoms with van der Waals surface area (Å²) in [5, 5.41) is 0. The summed E-state index contributed by atoms with van der Waals surface area (Å²) in [6.07, 6.45) is -4.38. The molecule has 0 unspecified atom stereocenters. The summed E-state index contributed by atoms with van der Waals surface area (Å²) in [6, 6.07) is 0. The number of carbonyl (C=O) groups excluding carboxylic acids is 1. The number of ether oxygens (including phenoxy) is 1. The lowest BCUT2D eigenvalue weighted by molar-refractivity contribution is -0.138. The zero-order valence-corrected chi connectivity index (χ0v) is 8.60. The van der Waals surface area contributed by atoms with Crippen molar-refractivity contribution in [2.45, 2.75) is 13.1 Å². The molecule has 15 heavy (non-hydrogen) atoms. The molecule has 4 nitrogen and oxygen atoms in total. The number of alkyl halides is 3. The van der Waals surface area contributed by atoms with E-state index >= 15 is 0 Å². The van der Waals surface area contributed by atoms with Gasteiger partial charge in [0.2, 0.25) is 0 Å². The Balaban J connectivity index is 5.19. The fraction of sp³-hybridized carbons (Fsp3) is 0.429. The average molecular weight is 242 g/mol. The molecule has 0 heterocycles. The molecule has 8 heteroatoms. The molecule has 0 aliphatic rings. The lowest BCUT2D eigenvalue weighted by Crippen LogP contribution is -2.17. The quantitative estimate of drug-likeness (QED) is 0.257. The van der Waals surface area contributed by atoms with Crippen LogP contribution in [-0.2, 0) is 9.53 Å². The van der Waals surface area contributed by atoms with Gasteiger partial charge in [0.1, 0.15) is 4.91 Å². The summed E-state index contributed by atoms with van der Waals surface area (Å²) in [6.45, 7) is 1.40. The van der Waals surface area contributed by atoms with Crippen molar-refractivity contribution >= 4 is 24.9 Å². The highest BCUT2D eigenvalue weighted by Crippen LogP contribution is 2.30. The van der Waals surface area contributed by atoms with Crippen LogP contribution in [0, 0.1) is 0 Å².